The Hall–Kier alpha value is -2.03. The Balaban J connectivity index is 1.45. The number of pyridine rings is 1. The van der Waals surface area contributed by atoms with Crippen molar-refractivity contribution in [3.8, 4) is 0 Å². The number of aryl methyl sites for hydroxylation is 2. The second-order valence-corrected chi connectivity index (χ2v) is 10.8. The molecule has 2 aliphatic heterocycles. The van der Waals surface area contributed by atoms with Gasteiger partial charge in [-0.2, -0.15) is 0 Å². The fraction of sp³-hybridized carbons (Fsp3) is 0.621. The standard InChI is InChI=1S/C29H43N3/c1-20(2)27-16-15-25-10-8-18-32(29(25)30-27)23(6)12-11-22(5)26-14-13-24-9-7-17-31(21(3)4)28(24)19-26/h13-16,19-23H,7-12,17-18H2,1-6H3. The lowest BCUT2D eigenvalue weighted by Gasteiger charge is -2.36. The molecule has 174 valence electrons. The van der Waals surface area contributed by atoms with Crippen LogP contribution in [0.15, 0.2) is 30.3 Å². The first-order valence-corrected chi connectivity index (χ1v) is 13.0. The molecule has 4 rings (SSSR count). The van der Waals surface area contributed by atoms with Gasteiger partial charge in [-0.25, -0.2) is 4.98 Å². The molecule has 2 aliphatic rings. The summed E-state index contributed by atoms with van der Waals surface area (Å²) in [5.74, 6) is 2.32. The zero-order chi connectivity index (χ0) is 22.8. The van der Waals surface area contributed by atoms with Crippen molar-refractivity contribution in [3.63, 3.8) is 0 Å². The van der Waals surface area contributed by atoms with Crippen LogP contribution >= 0.6 is 0 Å². The molecule has 0 aliphatic carbocycles. The molecule has 3 heteroatoms. The van der Waals surface area contributed by atoms with E-state index >= 15 is 0 Å². The second kappa shape index (κ2) is 9.85. The number of rotatable bonds is 7. The summed E-state index contributed by atoms with van der Waals surface area (Å²) in [5.41, 5.74) is 7.18. The second-order valence-electron chi connectivity index (χ2n) is 10.8. The van der Waals surface area contributed by atoms with Gasteiger partial charge in [0.15, 0.2) is 0 Å². The van der Waals surface area contributed by atoms with Crippen molar-refractivity contribution in [2.24, 2.45) is 0 Å². The molecular weight excluding hydrogens is 390 g/mol. The van der Waals surface area contributed by atoms with Crippen LogP contribution in [0.3, 0.4) is 0 Å². The van der Waals surface area contributed by atoms with Crippen LogP contribution < -0.4 is 9.80 Å². The van der Waals surface area contributed by atoms with Gasteiger partial charge in [-0.05, 0) is 100.0 Å². The SMILES string of the molecule is CC(C)c1ccc2c(n1)N(C(C)CCC(C)c1ccc3c(c1)N(C(C)C)CCC3)CCC2. The third-order valence-electron chi connectivity index (χ3n) is 7.69. The Morgan fingerprint density at radius 2 is 1.50 bits per heavy atom. The summed E-state index contributed by atoms with van der Waals surface area (Å²) < 4.78 is 0. The van der Waals surface area contributed by atoms with Crippen LogP contribution in [0.4, 0.5) is 11.5 Å². The van der Waals surface area contributed by atoms with Crippen LogP contribution in [0.1, 0.15) is 101 Å². The van der Waals surface area contributed by atoms with Crippen molar-refractivity contribution in [2.45, 2.75) is 104 Å². The Bertz CT molecular complexity index is 917. The Morgan fingerprint density at radius 3 is 2.22 bits per heavy atom. The van der Waals surface area contributed by atoms with Crippen molar-refractivity contribution < 1.29 is 0 Å². The van der Waals surface area contributed by atoms with Gasteiger partial charge in [0.25, 0.3) is 0 Å². The summed E-state index contributed by atoms with van der Waals surface area (Å²) in [7, 11) is 0. The zero-order valence-electron chi connectivity index (χ0n) is 21.2. The topological polar surface area (TPSA) is 19.4 Å². The van der Waals surface area contributed by atoms with Crippen molar-refractivity contribution in [2.75, 3.05) is 22.9 Å². The zero-order valence-corrected chi connectivity index (χ0v) is 21.2. The summed E-state index contributed by atoms with van der Waals surface area (Å²) in [6.45, 7) is 16.3. The maximum Gasteiger partial charge on any atom is 0.132 e. The summed E-state index contributed by atoms with van der Waals surface area (Å²) in [5, 5.41) is 0. The molecule has 3 heterocycles. The van der Waals surface area contributed by atoms with Crippen LogP contribution in [0.5, 0.6) is 0 Å². The van der Waals surface area contributed by atoms with Crippen molar-refractivity contribution in [3.05, 3.63) is 52.7 Å². The molecule has 0 spiro atoms. The van der Waals surface area contributed by atoms with Gasteiger partial charge >= 0.3 is 0 Å². The molecule has 0 bridgehead atoms. The molecular formula is C29H43N3. The van der Waals surface area contributed by atoms with Gasteiger partial charge in [-0.1, -0.05) is 39.0 Å². The summed E-state index contributed by atoms with van der Waals surface area (Å²) >= 11 is 0. The lowest BCUT2D eigenvalue weighted by Crippen LogP contribution is -2.38. The number of aromatic nitrogens is 1. The largest absolute Gasteiger partial charge is 0.369 e. The predicted octanol–water partition coefficient (Wildman–Crippen LogP) is 7.09. The van der Waals surface area contributed by atoms with E-state index in [4.69, 9.17) is 4.98 Å². The molecule has 0 amide bonds. The smallest absolute Gasteiger partial charge is 0.132 e. The van der Waals surface area contributed by atoms with Crippen molar-refractivity contribution >= 4 is 11.5 Å². The van der Waals surface area contributed by atoms with Gasteiger partial charge in [0, 0.05) is 36.6 Å². The maximum absolute atomic E-state index is 5.09. The lowest BCUT2D eigenvalue weighted by molar-refractivity contribution is 0.509. The van der Waals surface area contributed by atoms with Gasteiger partial charge < -0.3 is 9.80 Å². The minimum absolute atomic E-state index is 0.480. The van der Waals surface area contributed by atoms with E-state index in [0.717, 1.165) is 6.54 Å². The van der Waals surface area contributed by atoms with Gasteiger partial charge in [0.1, 0.15) is 5.82 Å². The van der Waals surface area contributed by atoms with Gasteiger partial charge in [-0.15, -0.1) is 0 Å². The molecule has 0 saturated carbocycles. The highest BCUT2D eigenvalue weighted by Gasteiger charge is 2.25. The summed E-state index contributed by atoms with van der Waals surface area (Å²) in [4.78, 5) is 10.3. The predicted molar refractivity (Wildman–Crippen MR) is 138 cm³/mol. The average molecular weight is 434 g/mol. The Kier molecular flexibility index (Phi) is 7.12. The van der Waals surface area contributed by atoms with E-state index in [2.05, 4.69) is 81.7 Å². The quantitative estimate of drug-likeness (QED) is 0.464. The highest BCUT2D eigenvalue weighted by Crippen LogP contribution is 2.34. The van der Waals surface area contributed by atoms with E-state index in [1.165, 1.54) is 79.0 Å². The fourth-order valence-corrected chi connectivity index (χ4v) is 5.51. The highest BCUT2D eigenvalue weighted by molar-refractivity contribution is 5.58. The lowest BCUT2D eigenvalue weighted by atomic mass is 9.90. The van der Waals surface area contributed by atoms with Gasteiger partial charge in [0.2, 0.25) is 0 Å². The molecule has 32 heavy (non-hydrogen) atoms. The Morgan fingerprint density at radius 1 is 0.812 bits per heavy atom. The van der Waals surface area contributed by atoms with E-state index in [1.807, 2.05) is 0 Å². The van der Waals surface area contributed by atoms with Crippen molar-refractivity contribution in [1.82, 2.24) is 4.98 Å². The molecule has 0 N–H and O–H groups in total. The third-order valence-corrected chi connectivity index (χ3v) is 7.69. The van der Waals surface area contributed by atoms with Gasteiger partial charge in [0.05, 0.1) is 0 Å². The molecule has 0 radical (unpaired) electrons. The first-order valence-electron chi connectivity index (χ1n) is 13.0. The van der Waals surface area contributed by atoms with E-state index in [0.29, 0.717) is 23.9 Å². The summed E-state index contributed by atoms with van der Waals surface area (Å²) in [6.07, 6.45) is 7.34. The number of benzene rings is 1. The van der Waals surface area contributed by atoms with Crippen LogP contribution in [0.25, 0.3) is 0 Å². The molecule has 2 aromatic rings. The molecule has 1 aromatic heterocycles. The fourth-order valence-electron chi connectivity index (χ4n) is 5.51. The van der Waals surface area contributed by atoms with Crippen LogP contribution in [-0.4, -0.2) is 30.2 Å². The minimum Gasteiger partial charge on any atom is -0.369 e. The molecule has 2 unspecified atom stereocenters. The van der Waals surface area contributed by atoms with Crippen molar-refractivity contribution in [1.29, 1.82) is 0 Å². The van der Waals surface area contributed by atoms with E-state index < -0.39 is 0 Å². The molecule has 0 saturated heterocycles. The monoisotopic (exact) mass is 433 g/mol. The number of hydrogen-bond acceptors (Lipinski definition) is 3. The van der Waals surface area contributed by atoms with E-state index in [-0.39, 0.29) is 0 Å². The minimum atomic E-state index is 0.480. The molecule has 0 fully saturated rings. The summed E-state index contributed by atoms with van der Waals surface area (Å²) in [6, 6.07) is 12.9. The molecule has 3 nitrogen and oxygen atoms in total. The maximum atomic E-state index is 5.09. The average Bonchev–Trinajstić information content (AvgIpc) is 2.80. The third kappa shape index (κ3) is 4.82. The van der Waals surface area contributed by atoms with Gasteiger partial charge in [-0.3, -0.25) is 0 Å². The number of nitrogens with zero attached hydrogens (tertiary/aromatic N) is 3. The van der Waals surface area contributed by atoms with Crippen LogP contribution in [0, 0.1) is 0 Å². The Labute approximate surface area is 196 Å². The van der Waals surface area contributed by atoms with Crippen LogP contribution in [-0.2, 0) is 12.8 Å². The number of fused-ring (bicyclic) bond motifs is 2. The van der Waals surface area contributed by atoms with E-state index in [1.54, 1.807) is 0 Å². The highest BCUT2D eigenvalue weighted by atomic mass is 15.2. The van der Waals surface area contributed by atoms with E-state index in [9.17, 15) is 0 Å². The number of anilines is 2. The first-order chi connectivity index (χ1) is 15.3. The first kappa shape index (κ1) is 23.1. The normalized spacial score (nSPS) is 18.0. The molecule has 2 atom stereocenters. The van der Waals surface area contributed by atoms with Crippen LogP contribution in [0.2, 0.25) is 0 Å². The number of hydrogen-bond donors (Lipinski definition) is 0. The molecule has 1 aromatic carbocycles.